The van der Waals surface area contributed by atoms with Gasteiger partial charge in [-0.05, 0) is 12.1 Å². The van der Waals surface area contributed by atoms with Gasteiger partial charge in [0, 0.05) is 0 Å². The molecule has 1 N–H and O–H groups in total. The number of hydrogen-bond donors (Lipinski definition) is 1. The summed E-state index contributed by atoms with van der Waals surface area (Å²) in [6, 6.07) is 8.18. The van der Waals surface area contributed by atoms with Crippen molar-refractivity contribution >= 4 is 5.69 Å². The van der Waals surface area contributed by atoms with Gasteiger partial charge in [-0.25, -0.2) is 20.2 Å². The Bertz CT molecular complexity index is 370. The van der Waals surface area contributed by atoms with Gasteiger partial charge < -0.3 is 0 Å². The van der Waals surface area contributed by atoms with E-state index in [9.17, 15) is 20.2 Å². The molecule has 16 heavy (non-hydrogen) atoms. The molecule has 1 aromatic carbocycles. The van der Waals surface area contributed by atoms with E-state index in [2.05, 4.69) is 0 Å². The molecular formula is C8H10N4O4. The smallest absolute Gasteiger partial charge is 0.165 e. The molecule has 0 spiro atoms. The van der Waals surface area contributed by atoms with Gasteiger partial charge in [-0.3, -0.25) is 0 Å². The van der Waals surface area contributed by atoms with Crippen LogP contribution in [0, 0.1) is 20.2 Å². The zero-order valence-corrected chi connectivity index (χ0v) is 8.28. The molecule has 0 amide bonds. The summed E-state index contributed by atoms with van der Waals surface area (Å²) in [5, 5.41) is 20.2. The van der Waals surface area contributed by atoms with E-state index < -0.39 is 10.1 Å². The lowest BCUT2D eigenvalue weighted by Crippen LogP contribution is -2.38. The van der Waals surface area contributed by atoms with Gasteiger partial charge in [0.1, 0.15) is 12.2 Å². The SMILES string of the molecule is O=[N+]([O-])NCCN(c1ccccc1)[N+](=O)[O-]. The topological polar surface area (TPSA) is 102 Å². The summed E-state index contributed by atoms with van der Waals surface area (Å²) in [7, 11) is 0. The Hall–Kier alpha value is -2.38. The van der Waals surface area contributed by atoms with Crippen molar-refractivity contribution in [3.63, 3.8) is 0 Å². The molecule has 0 aliphatic rings. The van der Waals surface area contributed by atoms with Crippen LogP contribution < -0.4 is 10.4 Å². The Morgan fingerprint density at radius 1 is 1.19 bits per heavy atom. The van der Waals surface area contributed by atoms with E-state index in [1.807, 2.05) is 5.43 Å². The summed E-state index contributed by atoms with van der Waals surface area (Å²) >= 11 is 0. The molecule has 0 radical (unpaired) electrons. The molecule has 0 atom stereocenters. The summed E-state index contributed by atoms with van der Waals surface area (Å²) in [5.74, 6) is 0. The Morgan fingerprint density at radius 3 is 2.31 bits per heavy atom. The van der Waals surface area contributed by atoms with Crippen molar-refractivity contribution in [3.05, 3.63) is 50.6 Å². The summed E-state index contributed by atoms with van der Waals surface area (Å²) in [4.78, 5) is 20.7. The summed E-state index contributed by atoms with van der Waals surface area (Å²) in [5.41, 5.74) is 2.26. The fraction of sp³-hybridized carbons (Fsp3) is 0.250. The van der Waals surface area contributed by atoms with Crippen LogP contribution in [0.3, 0.4) is 0 Å². The largest absolute Gasteiger partial charge is 0.235 e. The van der Waals surface area contributed by atoms with Crippen molar-refractivity contribution in [1.82, 2.24) is 5.43 Å². The average molecular weight is 226 g/mol. The Labute approximate surface area is 90.7 Å². The third-order valence-corrected chi connectivity index (χ3v) is 1.82. The summed E-state index contributed by atoms with van der Waals surface area (Å²) in [6.07, 6.45) is 0. The molecule has 8 nitrogen and oxygen atoms in total. The van der Waals surface area contributed by atoms with Crippen molar-refractivity contribution in [2.75, 3.05) is 18.1 Å². The second-order valence-electron chi connectivity index (χ2n) is 2.86. The van der Waals surface area contributed by atoms with Gasteiger partial charge in [0.15, 0.2) is 10.1 Å². The Morgan fingerprint density at radius 2 is 1.81 bits per heavy atom. The van der Waals surface area contributed by atoms with Gasteiger partial charge in [0.25, 0.3) is 0 Å². The maximum atomic E-state index is 10.7. The third-order valence-electron chi connectivity index (χ3n) is 1.82. The van der Waals surface area contributed by atoms with E-state index in [-0.39, 0.29) is 13.1 Å². The second kappa shape index (κ2) is 5.49. The number of hydrazine groups is 2. The molecule has 8 heteroatoms. The predicted octanol–water partition coefficient (Wildman–Crippen LogP) is 0.466. The molecule has 0 bridgehead atoms. The maximum absolute atomic E-state index is 10.7. The van der Waals surface area contributed by atoms with E-state index >= 15 is 0 Å². The van der Waals surface area contributed by atoms with Crippen LogP contribution in [0.25, 0.3) is 0 Å². The highest BCUT2D eigenvalue weighted by atomic mass is 16.7. The number of nitrogens with one attached hydrogen (secondary N) is 1. The molecule has 0 saturated carbocycles. The summed E-state index contributed by atoms with van der Waals surface area (Å²) < 4.78 is 0. The fourth-order valence-corrected chi connectivity index (χ4v) is 1.15. The number of hydrogen-bond acceptors (Lipinski definition) is 4. The minimum Gasteiger partial charge on any atom is -0.235 e. The first-order valence-corrected chi connectivity index (χ1v) is 4.46. The lowest BCUT2D eigenvalue weighted by molar-refractivity contribution is -0.546. The molecule has 0 heterocycles. The second-order valence-corrected chi connectivity index (χ2v) is 2.86. The maximum Gasteiger partial charge on any atom is 0.165 e. The van der Waals surface area contributed by atoms with Crippen LogP contribution in [-0.4, -0.2) is 23.2 Å². The van der Waals surface area contributed by atoms with Gasteiger partial charge in [-0.15, -0.1) is 5.43 Å². The molecule has 1 rings (SSSR count). The van der Waals surface area contributed by atoms with Crippen molar-refractivity contribution in [2.45, 2.75) is 0 Å². The van der Waals surface area contributed by atoms with Crippen LogP contribution in [0.5, 0.6) is 0 Å². The highest BCUT2D eigenvalue weighted by Gasteiger charge is 2.16. The molecule has 86 valence electrons. The summed E-state index contributed by atoms with van der Waals surface area (Å²) in [6.45, 7) is -0.194. The molecule has 1 aromatic rings. The lowest BCUT2D eigenvalue weighted by Gasteiger charge is -2.12. The zero-order chi connectivity index (χ0) is 12.0. The van der Waals surface area contributed by atoms with Crippen LogP contribution in [-0.2, 0) is 0 Å². The monoisotopic (exact) mass is 226 g/mol. The standard InChI is InChI=1S/C8H10N4O4/c13-11(14)9-6-7-10(12(15)16)8-4-2-1-3-5-8/h1-5,9H,6-7H2. The van der Waals surface area contributed by atoms with Crippen LogP contribution in [0.1, 0.15) is 0 Å². The minimum atomic E-state index is -0.733. The van der Waals surface area contributed by atoms with E-state index in [0.29, 0.717) is 5.69 Å². The van der Waals surface area contributed by atoms with Crippen LogP contribution >= 0.6 is 0 Å². The van der Waals surface area contributed by atoms with Crippen molar-refractivity contribution in [1.29, 1.82) is 0 Å². The van der Waals surface area contributed by atoms with Crippen molar-refractivity contribution in [2.24, 2.45) is 0 Å². The first kappa shape index (κ1) is 11.7. The minimum absolute atomic E-state index is 0.0853. The molecule has 0 aliphatic heterocycles. The Kier molecular flexibility index (Phi) is 4.01. The van der Waals surface area contributed by atoms with E-state index in [0.717, 1.165) is 5.01 Å². The number of nitrogens with zero attached hydrogens (tertiary/aromatic N) is 3. The highest BCUT2D eigenvalue weighted by Crippen LogP contribution is 2.11. The first-order chi connectivity index (χ1) is 7.61. The van der Waals surface area contributed by atoms with Gasteiger partial charge in [-0.1, -0.05) is 23.2 Å². The average Bonchev–Trinajstić information content (AvgIpc) is 2.25. The quantitative estimate of drug-likeness (QED) is 0.558. The number of rotatable bonds is 6. The number of nitro groups is 2. The molecular weight excluding hydrogens is 216 g/mol. The number of para-hydroxylation sites is 1. The third kappa shape index (κ3) is 3.40. The van der Waals surface area contributed by atoms with Crippen LogP contribution in [0.15, 0.2) is 30.3 Å². The number of anilines is 1. The molecule has 0 fully saturated rings. The first-order valence-electron chi connectivity index (χ1n) is 4.46. The van der Waals surface area contributed by atoms with Crippen molar-refractivity contribution in [3.8, 4) is 0 Å². The van der Waals surface area contributed by atoms with Crippen LogP contribution in [0.2, 0.25) is 0 Å². The molecule has 0 saturated heterocycles. The van der Waals surface area contributed by atoms with E-state index in [4.69, 9.17) is 0 Å². The lowest BCUT2D eigenvalue weighted by atomic mass is 10.3. The highest BCUT2D eigenvalue weighted by molar-refractivity contribution is 5.42. The predicted molar refractivity (Wildman–Crippen MR) is 55.8 cm³/mol. The van der Waals surface area contributed by atoms with Crippen molar-refractivity contribution < 1.29 is 10.1 Å². The van der Waals surface area contributed by atoms with Crippen LogP contribution in [0.4, 0.5) is 5.69 Å². The van der Waals surface area contributed by atoms with Gasteiger partial charge in [-0.2, -0.15) is 0 Å². The van der Waals surface area contributed by atoms with Gasteiger partial charge in [0.05, 0.1) is 6.54 Å². The van der Waals surface area contributed by atoms with E-state index in [1.54, 1.807) is 30.3 Å². The normalized spacial score (nSPS) is 9.50. The molecule has 0 aromatic heterocycles. The zero-order valence-electron chi connectivity index (χ0n) is 8.28. The molecule has 0 aliphatic carbocycles. The van der Waals surface area contributed by atoms with Gasteiger partial charge in [0.2, 0.25) is 0 Å². The van der Waals surface area contributed by atoms with E-state index in [1.165, 1.54) is 0 Å². The number of benzene rings is 1. The fourth-order valence-electron chi connectivity index (χ4n) is 1.15. The Balaban J connectivity index is 2.62. The molecule has 0 unspecified atom stereocenters. The van der Waals surface area contributed by atoms with Gasteiger partial charge >= 0.3 is 0 Å².